The molecule has 0 atom stereocenters. The summed E-state index contributed by atoms with van der Waals surface area (Å²) in [7, 11) is 0. The Morgan fingerprint density at radius 3 is 2.44 bits per heavy atom. The Morgan fingerprint density at radius 2 is 2.00 bits per heavy atom. The van der Waals surface area contributed by atoms with Gasteiger partial charge in [0.05, 0.1) is 5.60 Å². The zero-order valence-corrected chi connectivity index (χ0v) is 10.6. The monoisotopic (exact) mass is 228 g/mol. The van der Waals surface area contributed by atoms with Crippen LogP contribution in [0.3, 0.4) is 0 Å². The van der Waals surface area contributed by atoms with E-state index in [0.29, 0.717) is 32.5 Å². The van der Waals surface area contributed by atoms with Gasteiger partial charge in [-0.3, -0.25) is 4.79 Å². The second-order valence-electron chi connectivity index (χ2n) is 4.98. The molecule has 0 aromatic carbocycles. The summed E-state index contributed by atoms with van der Waals surface area (Å²) in [5.41, 5.74) is -0.621. The first kappa shape index (κ1) is 13.5. The molecule has 1 amide bonds. The molecule has 4 nitrogen and oxygen atoms in total. The standard InChI is InChI=1S/C12H24N2O2/c1-4-13-9-12(16)5-7-14(8-6-12)11(15)10(2)3/h10,13,16H,4-9H2,1-3H3. The molecule has 0 unspecified atom stereocenters. The van der Waals surface area contributed by atoms with Crippen LogP contribution in [0, 0.1) is 5.92 Å². The number of aliphatic hydroxyl groups is 1. The van der Waals surface area contributed by atoms with Crippen LogP contribution in [-0.2, 0) is 4.79 Å². The number of likely N-dealkylation sites (tertiary alicyclic amines) is 1. The largest absolute Gasteiger partial charge is 0.388 e. The molecule has 0 radical (unpaired) electrons. The number of rotatable bonds is 4. The molecule has 1 heterocycles. The number of hydrogen-bond donors (Lipinski definition) is 2. The Balaban J connectivity index is 2.41. The molecular formula is C12H24N2O2. The van der Waals surface area contributed by atoms with Gasteiger partial charge in [0.2, 0.25) is 5.91 Å². The van der Waals surface area contributed by atoms with Gasteiger partial charge in [-0.25, -0.2) is 0 Å². The summed E-state index contributed by atoms with van der Waals surface area (Å²) in [5, 5.41) is 13.4. The number of nitrogens with zero attached hydrogens (tertiary/aromatic N) is 1. The molecule has 1 saturated heterocycles. The summed E-state index contributed by atoms with van der Waals surface area (Å²) in [4.78, 5) is 13.6. The predicted octanol–water partition coefficient (Wildman–Crippen LogP) is 0.605. The molecule has 0 bridgehead atoms. The van der Waals surface area contributed by atoms with Crippen LogP contribution in [0.5, 0.6) is 0 Å². The van der Waals surface area contributed by atoms with Gasteiger partial charge in [-0.2, -0.15) is 0 Å². The van der Waals surface area contributed by atoms with Gasteiger partial charge in [0.25, 0.3) is 0 Å². The minimum atomic E-state index is -0.621. The first-order valence-electron chi connectivity index (χ1n) is 6.20. The van der Waals surface area contributed by atoms with Gasteiger partial charge in [-0.15, -0.1) is 0 Å². The van der Waals surface area contributed by atoms with E-state index in [1.165, 1.54) is 0 Å². The van der Waals surface area contributed by atoms with E-state index in [1.54, 1.807) is 0 Å². The van der Waals surface area contributed by atoms with Gasteiger partial charge >= 0.3 is 0 Å². The number of amides is 1. The van der Waals surface area contributed by atoms with E-state index in [-0.39, 0.29) is 11.8 Å². The molecule has 0 aliphatic carbocycles. The SMILES string of the molecule is CCNCC1(O)CCN(C(=O)C(C)C)CC1. The van der Waals surface area contributed by atoms with E-state index < -0.39 is 5.60 Å². The molecule has 16 heavy (non-hydrogen) atoms. The van der Waals surface area contributed by atoms with E-state index in [1.807, 2.05) is 25.7 Å². The number of likely N-dealkylation sites (N-methyl/N-ethyl adjacent to an activating group) is 1. The molecule has 1 aliphatic rings. The fourth-order valence-corrected chi connectivity index (χ4v) is 2.04. The summed E-state index contributed by atoms with van der Waals surface area (Å²) in [5.74, 6) is 0.255. The van der Waals surface area contributed by atoms with Crippen molar-refractivity contribution in [3.05, 3.63) is 0 Å². The third-order valence-electron chi connectivity index (χ3n) is 3.20. The number of nitrogens with one attached hydrogen (secondary N) is 1. The summed E-state index contributed by atoms with van der Waals surface area (Å²) in [6.45, 7) is 8.73. The molecular weight excluding hydrogens is 204 g/mol. The predicted molar refractivity (Wildman–Crippen MR) is 64.1 cm³/mol. The van der Waals surface area contributed by atoms with Crippen molar-refractivity contribution >= 4 is 5.91 Å². The molecule has 0 spiro atoms. The number of piperidine rings is 1. The first-order valence-corrected chi connectivity index (χ1v) is 6.20. The minimum Gasteiger partial charge on any atom is -0.388 e. The Kier molecular flexibility index (Phi) is 4.74. The first-order chi connectivity index (χ1) is 7.48. The van der Waals surface area contributed by atoms with E-state index in [4.69, 9.17) is 0 Å². The van der Waals surface area contributed by atoms with Crippen molar-refractivity contribution in [3.63, 3.8) is 0 Å². The minimum absolute atomic E-state index is 0.0555. The van der Waals surface area contributed by atoms with Crippen molar-refractivity contribution in [3.8, 4) is 0 Å². The molecule has 94 valence electrons. The van der Waals surface area contributed by atoms with E-state index >= 15 is 0 Å². The third kappa shape index (κ3) is 3.46. The highest BCUT2D eigenvalue weighted by molar-refractivity contribution is 5.78. The fourth-order valence-electron chi connectivity index (χ4n) is 2.04. The van der Waals surface area contributed by atoms with E-state index in [0.717, 1.165) is 6.54 Å². The van der Waals surface area contributed by atoms with Crippen LogP contribution < -0.4 is 5.32 Å². The highest BCUT2D eigenvalue weighted by Crippen LogP contribution is 2.22. The maximum atomic E-state index is 11.8. The van der Waals surface area contributed by atoms with Crippen LogP contribution in [0.25, 0.3) is 0 Å². The van der Waals surface area contributed by atoms with Gasteiger partial charge in [0.1, 0.15) is 0 Å². The molecule has 0 aromatic rings. The smallest absolute Gasteiger partial charge is 0.225 e. The lowest BCUT2D eigenvalue weighted by Crippen LogP contribution is -2.51. The lowest BCUT2D eigenvalue weighted by Gasteiger charge is -2.39. The third-order valence-corrected chi connectivity index (χ3v) is 3.20. The molecule has 2 N–H and O–H groups in total. The number of carbonyl (C=O) groups is 1. The molecule has 0 saturated carbocycles. The van der Waals surface area contributed by atoms with Gasteiger partial charge in [0.15, 0.2) is 0 Å². The average molecular weight is 228 g/mol. The van der Waals surface area contributed by atoms with Crippen molar-refractivity contribution < 1.29 is 9.90 Å². The summed E-state index contributed by atoms with van der Waals surface area (Å²) in [6.07, 6.45) is 1.36. The summed E-state index contributed by atoms with van der Waals surface area (Å²) < 4.78 is 0. The second kappa shape index (κ2) is 5.64. The Morgan fingerprint density at radius 1 is 1.44 bits per heavy atom. The van der Waals surface area contributed by atoms with Gasteiger partial charge in [0, 0.05) is 25.6 Å². The molecule has 0 aromatic heterocycles. The van der Waals surface area contributed by atoms with Crippen molar-refractivity contribution in [1.29, 1.82) is 0 Å². The van der Waals surface area contributed by atoms with Gasteiger partial charge < -0.3 is 15.3 Å². The summed E-state index contributed by atoms with van der Waals surface area (Å²) >= 11 is 0. The normalized spacial score (nSPS) is 20.2. The van der Waals surface area contributed by atoms with Crippen LogP contribution >= 0.6 is 0 Å². The number of carbonyl (C=O) groups excluding carboxylic acids is 1. The average Bonchev–Trinajstić information content (AvgIpc) is 2.26. The fraction of sp³-hybridized carbons (Fsp3) is 0.917. The lowest BCUT2D eigenvalue weighted by atomic mass is 9.91. The topological polar surface area (TPSA) is 52.6 Å². The van der Waals surface area contributed by atoms with Gasteiger partial charge in [-0.1, -0.05) is 20.8 Å². The van der Waals surface area contributed by atoms with Crippen molar-refractivity contribution in [1.82, 2.24) is 10.2 Å². The molecule has 1 fully saturated rings. The Labute approximate surface area is 98.0 Å². The van der Waals surface area contributed by atoms with Crippen molar-refractivity contribution in [2.45, 2.75) is 39.2 Å². The van der Waals surface area contributed by atoms with Crippen molar-refractivity contribution in [2.75, 3.05) is 26.2 Å². The Bertz CT molecular complexity index is 233. The molecule has 1 rings (SSSR count). The highest BCUT2D eigenvalue weighted by Gasteiger charge is 2.33. The second-order valence-corrected chi connectivity index (χ2v) is 4.98. The van der Waals surface area contributed by atoms with Crippen LogP contribution in [0.15, 0.2) is 0 Å². The zero-order valence-electron chi connectivity index (χ0n) is 10.6. The van der Waals surface area contributed by atoms with Crippen LogP contribution in [0.2, 0.25) is 0 Å². The zero-order chi connectivity index (χ0) is 12.2. The quantitative estimate of drug-likeness (QED) is 0.741. The molecule has 4 heteroatoms. The summed E-state index contributed by atoms with van der Waals surface area (Å²) in [6, 6.07) is 0. The van der Waals surface area contributed by atoms with Crippen molar-refractivity contribution in [2.24, 2.45) is 5.92 Å². The Hall–Kier alpha value is -0.610. The maximum absolute atomic E-state index is 11.8. The highest BCUT2D eigenvalue weighted by atomic mass is 16.3. The maximum Gasteiger partial charge on any atom is 0.225 e. The number of hydrogen-bond acceptors (Lipinski definition) is 3. The van der Waals surface area contributed by atoms with Gasteiger partial charge in [-0.05, 0) is 19.4 Å². The molecule has 1 aliphatic heterocycles. The van der Waals surface area contributed by atoms with E-state index in [9.17, 15) is 9.90 Å². The van der Waals surface area contributed by atoms with Crippen LogP contribution in [0.4, 0.5) is 0 Å². The van der Waals surface area contributed by atoms with Crippen LogP contribution in [0.1, 0.15) is 33.6 Å². The van der Waals surface area contributed by atoms with E-state index in [2.05, 4.69) is 5.32 Å². The lowest BCUT2D eigenvalue weighted by molar-refractivity contribution is -0.138. The van der Waals surface area contributed by atoms with Crippen LogP contribution in [-0.4, -0.2) is 47.7 Å².